The predicted molar refractivity (Wildman–Crippen MR) is 26.7 cm³/mol. The lowest BCUT2D eigenvalue weighted by Gasteiger charge is -1.95. The molecule has 0 radical (unpaired) electrons. The largest absolute Gasteiger partial charge is 0.347 e. The Labute approximate surface area is 42.2 Å². The Morgan fingerprint density at radius 3 is 2.71 bits per heavy atom. The van der Waals surface area contributed by atoms with E-state index in [1.807, 2.05) is 13.0 Å². The zero-order valence-corrected chi connectivity index (χ0v) is 4.14. The highest BCUT2D eigenvalue weighted by Gasteiger charge is 2.06. The fourth-order valence-electron chi connectivity index (χ4n) is 0.552. The van der Waals surface area contributed by atoms with Crippen LogP contribution < -0.4 is 5.32 Å². The monoisotopic (exact) mass is 97.1 g/mol. The van der Waals surface area contributed by atoms with Crippen LogP contribution in [-0.2, 0) is 4.79 Å². The van der Waals surface area contributed by atoms with Crippen LogP contribution in [0.1, 0.15) is 6.92 Å². The minimum Gasteiger partial charge on any atom is -0.347 e. The highest BCUT2D eigenvalue weighted by molar-refractivity contribution is 5.90. The van der Waals surface area contributed by atoms with Crippen molar-refractivity contribution < 1.29 is 4.79 Å². The Morgan fingerprint density at radius 1 is 1.86 bits per heavy atom. The molecule has 1 amide bonds. The van der Waals surface area contributed by atoms with Crippen molar-refractivity contribution in [2.45, 2.75) is 13.0 Å². The van der Waals surface area contributed by atoms with Crippen LogP contribution in [0.15, 0.2) is 12.2 Å². The average Bonchev–Trinajstić information content (AvgIpc) is 1.87. The Morgan fingerprint density at radius 2 is 2.57 bits per heavy atom. The van der Waals surface area contributed by atoms with Crippen molar-refractivity contribution in [3.8, 4) is 0 Å². The predicted octanol–water partition coefficient (Wildman–Crippen LogP) is 0.0609. The van der Waals surface area contributed by atoms with Gasteiger partial charge in [0.15, 0.2) is 0 Å². The van der Waals surface area contributed by atoms with Gasteiger partial charge in [0.1, 0.15) is 0 Å². The fourth-order valence-corrected chi connectivity index (χ4v) is 0.552. The molecule has 0 aromatic rings. The van der Waals surface area contributed by atoms with E-state index in [1.165, 1.54) is 0 Å². The Hall–Kier alpha value is -0.790. The van der Waals surface area contributed by atoms with Gasteiger partial charge < -0.3 is 5.32 Å². The van der Waals surface area contributed by atoms with Gasteiger partial charge in [0.05, 0.1) is 0 Å². The van der Waals surface area contributed by atoms with Crippen LogP contribution in [0.3, 0.4) is 0 Å². The molecule has 1 N–H and O–H groups in total. The third-order valence-electron chi connectivity index (χ3n) is 0.906. The Kier molecular flexibility index (Phi) is 0.855. The van der Waals surface area contributed by atoms with Crippen molar-refractivity contribution in [1.29, 1.82) is 0 Å². The number of nitrogens with one attached hydrogen (secondary N) is 1. The van der Waals surface area contributed by atoms with E-state index in [1.54, 1.807) is 6.08 Å². The molecule has 0 saturated heterocycles. The second kappa shape index (κ2) is 1.37. The molecule has 0 aromatic carbocycles. The zero-order valence-electron chi connectivity index (χ0n) is 4.14. The van der Waals surface area contributed by atoms with E-state index in [-0.39, 0.29) is 11.9 Å². The number of carbonyl (C=O) groups excluding carboxylic acids is 1. The third-order valence-corrected chi connectivity index (χ3v) is 0.906. The zero-order chi connectivity index (χ0) is 5.28. The minimum absolute atomic E-state index is 0.0208. The smallest absolute Gasteiger partial charge is 0.244 e. The first-order valence-corrected chi connectivity index (χ1v) is 2.28. The molecule has 1 atom stereocenters. The summed E-state index contributed by atoms with van der Waals surface area (Å²) >= 11 is 0. The van der Waals surface area contributed by atoms with Gasteiger partial charge in [-0.25, -0.2) is 0 Å². The lowest BCUT2D eigenvalue weighted by Crippen LogP contribution is -2.22. The average molecular weight is 97.1 g/mol. The fraction of sp³-hybridized carbons (Fsp3) is 0.400. The molecule has 1 unspecified atom stereocenters. The first kappa shape index (κ1) is 4.37. The number of rotatable bonds is 0. The van der Waals surface area contributed by atoms with Gasteiger partial charge in [-0.15, -0.1) is 0 Å². The molecule has 0 aromatic heterocycles. The summed E-state index contributed by atoms with van der Waals surface area (Å²) in [4.78, 5) is 10.3. The number of amides is 1. The van der Waals surface area contributed by atoms with Crippen molar-refractivity contribution >= 4 is 5.91 Å². The highest BCUT2D eigenvalue weighted by Crippen LogP contribution is 1.91. The molecule has 1 rings (SSSR count). The topological polar surface area (TPSA) is 29.1 Å². The summed E-state index contributed by atoms with van der Waals surface area (Å²) in [6, 6.07) is 0.243. The SMILES string of the molecule is CC1C=CC(=O)N1. The van der Waals surface area contributed by atoms with E-state index < -0.39 is 0 Å². The summed E-state index contributed by atoms with van der Waals surface area (Å²) in [5.41, 5.74) is 0. The van der Waals surface area contributed by atoms with E-state index in [0.29, 0.717) is 0 Å². The van der Waals surface area contributed by atoms with Crippen LogP contribution in [0.2, 0.25) is 0 Å². The summed E-state index contributed by atoms with van der Waals surface area (Å²) in [6.07, 6.45) is 3.38. The standard InChI is InChI=1S/C5H7NO/c1-4-2-3-5(7)6-4/h2-4H,1H3,(H,6,7). The second-order valence-corrected chi connectivity index (χ2v) is 1.66. The lowest BCUT2D eigenvalue weighted by atomic mass is 10.4. The minimum atomic E-state index is 0.0208. The summed E-state index contributed by atoms with van der Waals surface area (Å²) in [5.74, 6) is 0.0208. The molecular weight excluding hydrogens is 90.1 g/mol. The molecule has 0 spiro atoms. The molecule has 1 aliphatic rings. The summed E-state index contributed by atoms with van der Waals surface area (Å²) in [6.45, 7) is 1.93. The summed E-state index contributed by atoms with van der Waals surface area (Å²) < 4.78 is 0. The van der Waals surface area contributed by atoms with Crippen LogP contribution in [0.5, 0.6) is 0 Å². The van der Waals surface area contributed by atoms with Crippen LogP contribution >= 0.6 is 0 Å². The van der Waals surface area contributed by atoms with E-state index in [2.05, 4.69) is 5.32 Å². The van der Waals surface area contributed by atoms with Crippen molar-refractivity contribution in [2.24, 2.45) is 0 Å². The van der Waals surface area contributed by atoms with Gasteiger partial charge in [0.25, 0.3) is 0 Å². The second-order valence-electron chi connectivity index (χ2n) is 1.66. The molecule has 38 valence electrons. The normalized spacial score (nSPS) is 28.1. The first-order chi connectivity index (χ1) is 3.29. The first-order valence-electron chi connectivity index (χ1n) is 2.28. The van der Waals surface area contributed by atoms with Gasteiger partial charge in [-0.05, 0) is 6.92 Å². The van der Waals surface area contributed by atoms with E-state index in [0.717, 1.165) is 0 Å². The van der Waals surface area contributed by atoms with E-state index >= 15 is 0 Å². The van der Waals surface area contributed by atoms with Crippen molar-refractivity contribution in [2.75, 3.05) is 0 Å². The van der Waals surface area contributed by atoms with E-state index in [9.17, 15) is 4.79 Å². The van der Waals surface area contributed by atoms with Crippen molar-refractivity contribution in [1.82, 2.24) is 5.32 Å². The highest BCUT2D eigenvalue weighted by atomic mass is 16.1. The van der Waals surface area contributed by atoms with Crippen LogP contribution in [0.4, 0.5) is 0 Å². The Bertz CT molecular complexity index is 117. The van der Waals surface area contributed by atoms with Gasteiger partial charge >= 0.3 is 0 Å². The molecule has 2 nitrogen and oxygen atoms in total. The molecular formula is C5H7NO. The number of hydrogen-bond donors (Lipinski definition) is 1. The van der Waals surface area contributed by atoms with Crippen molar-refractivity contribution in [3.05, 3.63) is 12.2 Å². The van der Waals surface area contributed by atoms with Crippen LogP contribution in [-0.4, -0.2) is 11.9 Å². The molecule has 1 aliphatic heterocycles. The van der Waals surface area contributed by atoms with Crippen LogP contribution in [0.25, 0.3) is 0 Å². The summed E-state index contributed by atoms with van der Waals surface area (Å²) in [7, 11) is 0. The van der Waals surface area contributed by atoms with Gasteiger partial charge in [-0.1, -0.05) is 6.08 Å². The van der Waals surface area contributed by atoms with Gasteiger partial charge in [-0.2, -0.15) is 0 Å². The number of hydrogen-bond acceptors (Lipinski definition) is 1. The number of carbonyl (C=O) groups is 1. The van der Waals surface area contributed by atoms with Gasteiger partial charge in [-0.3, -0.25) is 4.79 Å². The van der Waals surface area contributed by atoms with Crippen molar-refractivity contribution in [3.63, 3.8) is 0 Å². The maximum absolute atomic E-state index is 10.3. The van der Waals surface area contributed by atoms with Crippen LogP contribution in [0, 0.1) is 0 Å². The molecule has 0 aliphatic carbocycles. The molecule has 7 heavy (non-hydrogen) atoms. The molecule has 0 fully saturated rings. The van der Waals surface area contributed by atoms with Gasteiger partial charge in [0, 0.05) is 12.1 Å². The molecule has 0 bridgehead atoms. The maximum Gasteiger partial charge on any atom is 0.244 e. The molecule has 1 heterocycles. The molecule has 0 saturated carbocycles. The summed E-state index contributed by atoms with van der Waals surface area (Å²) in [5, 5.41) is 2.67. The quantitative estimate of drug-likeness (QED) is 0.455. The van der Waals surface area contributed by atoms with Gasteiger partial charge in [0.2, 0.25) is 5.91 Å². The van der Waals surface area contributed by atoms with E-state index in [4.69, 9.17) is 0 Å². The third kappa shape index (κ3) is 0.796. The Balaban J connectivity index is 2.58. The lowest BCUT2D eigenvalue weighted by molar-refractivity contribution is -0.116. The maximum atomic E-state index is 10.3. The molecule has 2 heteroatoms.